The second-order valence-corrected chi connectivity index (χ2v) is 5.00. The second kappa shape index (κ2) is 6.08. The van der Waals surface area contributed by atoms with Gasteiger partial charge in [0, 0.05) is 17.3 Å². The number of carbonyl (C=O) groups is 1. The maximum atomic E-state index is 12.5. The molecule has 2 aromatic carbocycles. The number of ether oxygens (including phenoxy) is 4. The molecule has 1 amide bonds. The van der Waals surface area contributed by atoms with Crippen LogP contribution in [0.1, 0.15) is 15.9 Å². The Labute approximate surface area is 133 Å². The molecule has 1 aliphatic rings. The lowest BCUT2D eigenvalue weighted by atomic mass is 10.1. The number of hydrogen-bond acceptors (Lipinski definition) is 5. The lowest BCUT2D eigenvalue weighted by molar-refractivity contribution is 0.102. The van der Waals surface area contributed by atoms with Gasteiger partial charge in [0.1, 0.15) is 11.5 Å². The summed E-state index contributed by atoms with van der Waals surface area (Å²) in [5.41, 5.74) is 1.83. The molecule has 0 saturated heterocycles. The Kier molecular flexibility index (Phi) is 3.97. The van der Waals surface area contributed by atoms with Gasteiger partial charge in [-0.25, -0.2) is 0 Å². The van der Waals surface area contributed by atoms with Crippen molar-refractivity contribution in [1.82, 2.24) is 0 Å². The van der Waals surface area contributed by atoms with E-state index in [4.69, 9.17) is 18.9 Å². The van der Waals surface area contributed by atoms with Gasteiger partial charge in [-0.05, 0) is 31.2 Å². The first kappa shape index (κ1) is 15.0. The fourth-order valence-corrected chi connectivity index (χ4v) is 2.51. The van der Waals surface area contributed by atoms with E-state index in [-0.39, 0.29) is 12.7 Å². The molecule has 0 unspecified atom stereocenters. The monoisotopic (exact) mass is 315 g/mol. The molecule has 0 aliphatic carbocycles. The van der Waals surface area contributed by atoms with Crippen LogP contribution in [0.15, 0.2) is 30.3 Å². The molecule has 0 aromatic heterocycles. The Morgan fingerprint density at radius 1 is 1.09 bits per heavy atom. The van der Waals surface area contributed by atoms with Gasteiger partial charge >= 0.3 is 0 Å². The third-order valence-corrected chi connectivity index (χ3v) is 3.66. The Balaban J connectivity index is 1.87. The molecule has 6 nitrogen and oxygen atoms in total. The number of amides is 1. The van der Waals surface area contributed by atoms with Crippen LogP contribution in [-0.4, -0.2) is 26.9 Å². The van der Waals surface area contributed by atoms with Crippen molar-refractivity contribution in [3.8, 4) is 23.0 Å². The highest BCUT2D eigenvalue weighted by molar-refractivity contribution is 6.06. The quantitative estimate of drug-likeness (QED) is 0.939. The average Bonchev–Trinajstić information content (AvgIpc) is 3.02. The summed E-state index contributed by atoms with van der Waals surface area (Å²) in [6.45, 7) is 2.03. The molecule has 6 heteroatoms. The summed E-state index contributed by atoms with van der Waals surface area (Å²) in [5.74, 6) is 2.16. The zero-order chi connectivity index (χ0) is 16.4. The first-order valence-corrected chi connectivity index (χ1v) is 7.06. The van der Waals surface area contributed by atoms with Crippen LogP contribution in [0, 0.1) is 6.92 Å². The Bertz CT molecular complexity index is 757. The summed E-state index contributed by atoms with van der Waals surface area (Å²) in [7, 11) is 3.10. The van der Waals surface area contributed by atoms with E-state index < -0.39 is 0 Å². The molecule has 0 radical (unpaired) electrons. The molecule has 23 heavy (non-hydrogen) atoms. The molecular weight excluding hydrogens is 298 g/mol. The van der Waals surface area contributed by atoms with Gasteiger partial charge in [-0.15, -0.1) is 0 Å². The number of fused-ring (bicyclic) bond motifs is 1. The van der Waals surface area contributed by atoms with E-state index in [1.807, 2.05) is 6.92 Å². The molecule has 1 aliphatic heterocycles. The summed E-state index contributed by atoms with van der Waals surface area (Å²) in [4.78, 5) is 12.5. The Hall–Kier alpha value is -2.89. The van der Waals surface area contributed by atoms with Crippen molar-refractivity contribution in [1.29, 1.82) is 0 Å². The van der Waals surface area contributed by atoms with Crippen molar-refractivity contribution in [2.45, 2.75) is 6.92 Å². The van der Waals surface area contributed by atoms with E-state index in [1.54, 1.807) is 37.4 Å². The minimum Gasteiger partial charge on any atom is -0.496 e. The molecule has 0 atom stereocenters. The summed E-state index contributed by atoms with van der Waals surface area (Å²) in [6.07, 6.45) is 0. The molecule has 120 valence electrons. The first-order valence-electron chi connectivity index (χ1n) is 7.06. The highest BCUT2D eigenvalue weighted by Crippen LogP contribution is 2.35. The minimum absolute atomic E-state index is 0.193. The number of nitrogens with one attached hydrogen (secondary N) is 1. The van der Waals surface area contributed by atoms with Crippen LogP contribution >= 0.6 is 0 Å². The van der Waals surface area contributed by atoms with Crippen molar-refractivity contribution >= 4 is 11.6 Å². The van der Waals surface area contributed by atoms with E-state index in [1.165, 1.54) is 7.11 Å². The number of anilines is 1. The van der Waals surface area contributed by atoms with Crippen molar-refractivity contribution in [3.05, 3.63) is 41.5 Å². The predicted molar refractivity (Wildman–Crippen MR) is 84.8 cm³/mol. The van der Waals surface area contributed by atoms with Crippen molar-refractivity contribution in [2.24, 2.45) is 0 Å². The van der Waals surface area contributed by atoms with E-state index in [2.05, 4.69) is 5.32 Å². The van der Waals surface area contributed by atoms with Crippen LogP contribution in [0.3, 0.4) is 0 Å². The number of benzene rings is 2. The Morgan fingerprint density at radius 3 is 2.61 bits per heavy atom. The highest BCUT2D eigenvalue weighted by atomic mass is 16.7. The second-order valence-electron chi connectivity index (χ2n) is 5.00. The lowest BCUT2D eigenvalue weighted by Crippen LogP contribution is -2.14. The van der Waals surface area contributed by atoms with E-state index in [9.17, 15) is 4.79 Å². The average molecular weight is 315 g/mol. The van der Waals surface area contributed by atoms with Crippen LogP contribution in [0.5, 0.6) is 23.0 Å². The summed E-state index contributed by atoms with van der Waals surface area (Å²) >= 11 is 0. The van der Waals surface area contributed by atoms with Gasteiger partial charge in [0.25, 0.3) is 5.91 Å². The van der Waals surface area contributed by atoms with Crippen molar-refractivity contribution in [2.75, 3.05) is 26.3 Å². The third kappa shape index (κ3) is 2.75. The SMILES string of the molecule is COc1ccc(C(=O)Nc2ccc3c(c2)OCO3)c(OC)c1C. The molecule has 0 bridgehead atoms. The van der Waals surface area contributed by atoms with Crippen molar-refractivity contribution < 1.29 is 23.7 Å². The largest absolute Gasteiger partial charge is 0.496 e. The molecular formula is C17H17NO5. The number of hydrogen-bond donors (Lipinski definition) is 1. The maximum Gasteiger partial charge on any atom is 0.259 e. The number of methoxy groups -OCH3 is 2. The van der Waals surface area contributed by atoms with Gasteiger partial charge in [0.2, 0.25) is 6.79 Å². The standard InChI is InChI=1S/C17H17NO5/c1-10-13(20-2)7-5-12(16(10)21-3)17(19)18-11-4-6-14-15(8-11)23-9-22-14/h4-8H,9H2,1-3H3,(H,18,19). The van der Waals surface area contributed by atoms with Gasteiger partial charge in [0.15, 0.2) is 11.5 Å². The molecule has 3 rings (SSSR count). The third-order valence-electron chi connectivity index (χ3n) is 3.66. The zero-order valence-electron chi connectivity index (χ0n) is 13.1. The van der Waals surface area contributed by atoms with Crippen LogP contribution in [0.2, 0.25) is 0 Å². The fourth-order valence-electron chi connectivity index (χ4n) is 2.51. The van der Waals surface area contributed by atoms with Gasteiger partial charge in [-0.3, -0.25) is 4.79 Å². The summed E-state index contributed by atoms with van der Waals surface area (Å²) in [5, 5.41) is 2.83. The van der Waals surface area contributed by atoms with Crippen LogP contribution in [0.4, 0.5) is 5.69 Å². The van der Waals surface area contributed by atoms with Crippen LogP contribution < -0.4 is 24.3 Å². The molecule has 2 aromatic rings. The molecule has 0 spiro atoms. The highest BCUT2D eigenvalue weighted by Gasteiger charge is 2.19. The van der Waals surface area contributed by atoms with Gasteiger partial charge in [-0.2, -0.15) is 0 Å². The Morgan fingerprint density at radius 2 is 1.87 bits per heavy atom. The van der Waals surface area contributed by atoms with E-state index in [0.717, 1.165) is 5.56 Å². The molecule has 1 heterocycles. The smallest absolute Gasteiger partial charge is 0.259 e. The number of rotatable bonds is 4. The summed E-state index contributed by atoms with van der Waals surface area (Å²) < 4.78 is 21.2. The predicted octanol–water partition coefficient (Wildman–Crippen LogP) is 2.99. The number of carbonyl (C=O) groups excluding carboxylic acids is 1. The topological polar surface area (TPSA) is 66.0 Å². The van der Waals surface area contributed by atoms with E-state index >= 15 is 0 Å². The molecule has 0 fully saturated rings. The van der Waals surface area contributed by atoms with Crippen LogP contribution in [0.25, 0.3) is 0 Å². The van der Waals surface area contributed by atoms with Gasteiger partial charge in [-0.1, -0.05) is 0 Å². The normalized spacial score (nSPS) is 12.0. The molecule has 0 saturated carbocycles. The van der Waals surface area contributed by atoms with Gasteiger partial charge < -0.3 is 24.3 Å². The maximum absolute atomic E-state index is 12.5. The zero-order valence-corrected chi connectivity index (χ0v) is 13.1. The fraction of sp³-hybridized carbons (Fsp3) is 0.235. The van der Waals surface area contributed by atoms with Gasteiger partial charge in [0.05, 0.1) is 19.8 Å². The first-order chi connectivity index (χ1) is 11.1. The lowest BCUT2D eigenvalue weighted by Gasteiger charge is -2.14. The van der Waals surface area contributed by atoms with E-state index in [0.29, 0.717) is 34.2 Å². The molecule has 1 N–H and O–H groups in total. The summed E-state index contributed by atoms with van der Waals surface area (Å²) in [6, 6.07) is 8.66. The van der Waals surface area contributed by atoms with Crippen molar-refractivity contribution in [3.63, 3.8) is 0 Å². The van der Waals surface area contributed by atoms with Crippen LogP contribution in [-0.2, 0) is 0 Å². The minimum atomic E-state index is -0.272.